The van der Waals surface area contributed by atoms with Crippen molar-refractivity contribution in [2.75, 3.05) is 5.32 Å². The van der Waals surface area contributed by atoms with E-state index in [1.165, 1.54) is 0 Å². The first-order valence-corrected chi connectivity index (χ1v) is 8.83. The minimum Gasteiger partial charge on any atom is -0.369 e. The van der Waals surface area contributed by atoms with Gasteiger partial charge in [0.05, 0.1) is 12.1 Å². The Hall–Kier alpha value is -3.22. The molecule has 1 aromatic carbocycles. The van der Waals surface area contributed by atoms with Crippen molar-refractivity contribution < 1.29 is 9.59 Å². The lowest BCUT2D eigenvalue weighted by molar-refractivity contribution is -0.118. The van der Waals surface area contributed by atoms with E-state index in [1.807, 2.05) is 43.5 Å². The highest BCUT2D eigenvalue weighted by Crippen LogP contribution is 2.19. The highest BCUT2D eigenvalue weighted by molar-refractivity contribution is 5.92. The van der Waals surface area contributed by atoms with Gasteiger partial charge in [-0.25, -0.2) is 9.50 Å². The molecular weight excluding hydrogens is 342 g/mol. The van der Waals surface area contributed by atoms with Gasteiger partial charge in [-0.15, -0.1) is 0 Å². The fourth-order valence-corrected chi connectivity index (χ4v) is 3.24. The van der Waals surface area contributed by atoms with Gasteiger partial charge in [-0.3, -0.25) is 9.59 Å². The van der Waals surface area contributed by atoms with Crippen LogP contribution in [0.5, 0.6) is 0 Å². The number of primary amides is 1. The first kappa shape index (κ1) is 18.6. The highest BCUT2D eigenvalue weighted by atomic mass is 16.2. The van der Waals surface area contributed by atoms with Crippen LogP contribution in [0.2, 0.25) is 0 Å². The van der Waals surface area contributed by atoms with Gasteiger partial charge < -0.3 is 11.1 Å². The Labute approximate surface area is 157 Å². The molecule has 3 rings (SSSR count). The number of carbonyl (C=O) groups is 2. The summed E-state index contributed by atoms with van der Waals surface area (Å²) in [6, 6.07) is 9.12. The van der Waals surface area contributed by atoms with Crippen molar-refractivity contribution in [1.29, 1.82) is 0 Å². The van der Waals surface area contributed by atoms with Crippen molar-refractivity contribution in [3.05, 3.63) is 58.5 Å². The summed E-state index contributed by atoms with van der Waals surface area (Å²) in [5, 5.41) is 7.34. The van der Waals surface area contributed by atoms with Crippen LogP contribution in [0, 0.1) is 20.8 Å². The molecular formula is C20H23N5O2. The first-order valence-electron chi connectivity index (χ1n) is 8.83. The normalized spacial score (nSPS) is 10.9. The molecule has 3 N–H and O–H groups in total. The molecule has 0 fully saturated rings. The van der Waals surface area contributed by atoms with Crippen LogP contribution >= 0.6 is 0 Å². The van der Waals surface area contributed by atoms with E-state index < -0.39 is 5.91 Å². The molecule has 7 nitrogen and oxygen atoms in total. The molecule has 0 atom stereocenters. The lowest BCUT2D eigenvalue weighted by atomic mass is 10.1. The molecule has 2 aromatic heterocycles. The van der Waals surface area contributed by atoms with Crippen LogP contribution in [0.4, 0.5) is 5.69 Å². The molecule has 3 aromatic rings. The molecule has 7 heteroatoms. The molecule has 2 amide bonds. The number of para-hydroxylation sites is 1. The molecule has 0 radical (unpaired) electrons. The summed E-state index contributed by atoms with van der Waals surface area (Å²) in [4.78, 5) is 28.2. The summed E-state index contributed by atoms with van der Waals surface area (Å²) < 4.78 is 1.82. The van der Waals surface area contributed by atoms with E-state index in [-0.39, 0.29) is 12.3 Å². The molecule has 0 aliphatic heterocycles. The van der Waals surface area contributed by atoms with E-state index in [9.17, 15) is 9.59 Å². The number of hydrogen-bond acceptors (Lipinski definition) is 4. The van der Waals surface area contributed by atoms with Crippen LogP contribution in [0.25, 0.3) is 5.65 Å². The van der Waals surface area contributed by atoms with Gasteiger partial charge in [0.25, 0.3) is 0 Å². The average molecular weight is 365 g/mol. The predicted molar refractivity (Wildman–Crippen MR) is 103 cm³/mol. The minimum atomic E-state index is -0.433. The molecule has 140 valence electrons. The van der Waals surface area contributed by atoms with Gasteiger partial charge in [-0.1, -0.05) is 18.2 Å². The Morgan fingerprint density at radius 1 is 1.19 bits per heavy atom. The van der Waals surface area contributed by atoms with Crippen molar-refractivity contribution >= 4 is 23.1 Å². The largest absolute Gasteiger partial charge is 0.369 e. The summed E-state index contributed by atoms with van der Waals surface area (Å²) in [6.45, 7) is 5.87. The monoisotopic (exact) mass is 365 g/mol. The molecule has 2 heterocycles. The number of nitrogens with two attached hydrogens (primary N) is 1. The third-order valence-electron chi connectivity index (χ3n) is 4.54. The van der Waals surface area contributed by atoms with E-state index in [0.717, 1.165) is 28.3 Å². The number of hydrogen-bond donors (Lipinski definition) is 2. The Bertz CT molecular complexity index is 1020. The lowest BCUT2D eigenvalue weighted by Gasteiger charge is -2.12. The van der Waals surface area contributed by atoms with E-state index >= 15 is 0 Å². The standard InChI is InChI=1S/C20H23N5O2/c1-12-10-19-22-13(2)16(14(3)25(19)24-12)8-9-20(27)23-17-7-5-4-6-15(17)11-18(21)26/h4-7,10H,8-9,11H2,1-3H3,(H2,21,26)(H,23,27). The van der Waals surface area contributed by atoms with Crippen molar-refractivity contribution in [3.8, 4) is 0 Å². The molecule has 27 heavy (non-hydrogen) atoms. The average Bonchev–Trinajstić information content (AvgIpc) is 2.96. The Kier molecular flexibility index (Phi) is 5.21. The Morgan fingerprint density at radius 3 is 2.67 bits per heavy atom. The van der Waals surface area contributed by atoms with Gasteiger partial charge in [0.1, 0.15) is 0 Å². The van der Waals surface area contributed by atoms with Crippen molar-refractivity contribution in [1.82, 2.24) is 14.6 Å². The van der Waals surface area contributed by atoms with Crippen LogP contribution in [-0.4, -0.2) is 26.4 Å². The second-order valence-corrected chi connectivity index (χ2v) is 6.67. The van der Waals surface area contributed by atoms with Gasteiger partial charge in [0, 0.05) is 29.6 Å². The first-order chi connectivity index (χ1) is 12.8. The number of anilines is 1. The molecule has 0 aliphatic rings. The number of amides is 2. The maximum absolute atomic E-state index is 12.4. The third kappa shape index (κ3) is 4.13. The van der Waals surface area contributed by atoms with Crippen LogP contribution in [0.15, 0.2) is 30.3 Å². The Morgan fingerprint density at radius 2 is 1.93 bits per heavy atom. The van der Waals surface area contributed by atoms with Crippen molar-refractivity contribution in [2.45, 2.75) is 40.0 Å². The number of fused-ring (bicyclic) bond motifs is 1. The second kappa shape index (κ2) is 7.57. The van der Waals surface area contributed by atoms with Crippen molar-refractivity contribution in [2.24, 2.45) is 5.73 Å². The zero-order chi connectivity index (χ0) is 19.6. The molecule has 0 saturated heterocycles. The van der Waals surface area contributed by atoms with E-state index in [0.29, 0.717) is 24.1 Å². The Balaban J connectivity index is 1.73. The van der Waals surface area contributed by atoms with E-state index in [2.05, 4.69) is 15.4 Å². The summed E-state index contributed by atoms with van der Waals surface area (Å²) >= 11 is 0. The molecule has 0 spiro atoms. The van der Waals surface area contributed by atoms with Gasteiger partial charge >= 0.3 is 0 Å². The molecule has 0 aliphatic carbocycles. The summed E-state index contributed by atoms with van der Waals surface area (Å²) in [5.41, 5.74) is 11.2. The van der Waals surface area contributed by atoms with Gasteiger partial charge in [-0.2, -0.15) is 5.10 Å². The maximum Gasteiger partial charge on any atom is 0.224 e. The number of rotatable bonds is 6. The molecule has 0 bridgehead atoms. The van der Waals surface area contributed by atoms with Crippen LogP contribution < -0.4 is 11.1 Å². The van der Waals surface area contributed by atoms with E-state index in [4.69, 9.17) is 5.73 Å². The number of aromatic nitrogens is 3. The number of benzene rings is 1. The lowest BCUT2D eigenvalue weighted by Crippen LogP contribution is -2.18. The highest BCUT2D eigenvalue weighted by Gasteiger charge is 2.14. The quantitative estimate of drug-likeness (QED) is 0.699. The van der Waals surface area contributed by atoms with E-state index in [1.54, 1.807) is 12.1 Å². The van der Waals surface area contributed by atoms with Gasteiger partial charge in [0.2, 0.25) is 11.8 Å². The smallest absolute Gasteiger partial charge is 0.224 e. The fourth-order valence-electron chi connectivity index (χ4n) is 3.24. The van der Waals surface area contributed by atoms with Gasteiger partial charge in [0.15, 0.2) is 5.65 Å². The predicted octanol–water partition coefficient (Wildman–Crippen LogP) is 2.25. The molecule has 0 saturated carbocycles. The van der Waals surface area contributed by atoms with Gasteiger partial charge in [-0.05, 0) is 44.4 Å². The van der Waals surface area contributed by atoms with Crippen LogP contribution in [0.3, 0.4) is 0 Å². The number of nitrogens with zero attached hydrogens (tertiary/aromatic N) is 3. The fraction of sp³-hybridized carbons (Fsp3) is 0.300. The maximum atomic E-state index is 12.4. The minimum absolute atomic E-state index is 0.0912. The topological polar surface area (TPSA) is 102 Å². The number of carbonyl (C=O) groups excluding carboxylic acids is 2. The SMILES string of the molecule is Cc1cc2nc(C)c(CCC(=O)Nc3ccccc3CC(N)=O)c(C)n2n1. The van der Waals surface area contributed by atoms with Crippen LogP contribution in [-0.2, 0) is 22.4 Å². The zero-order valence-electron chi connectivity index (χ0n) is 15.7. The zero-order valence-corrected chi connectivity index (χ0v) is 15.7. The summed E-state index contributed by atoms with van der Waals surface area (Å²) in [7, 11) is 0. The molecule has 0 unspecified atom stereocenters. The van der Waals surface area contributed by atoms with Crippen LogP contribution in [0.1, 0.15) is 34.6 Å². The number of nitrogens with one attached hydrogen (secondary N) is 1. The summed E-state index contributed by atoms with van der Waals surface area (Å²) in [6.07, 6.45) is 0.956. The second-order valence-electron chi connectivity index (χ2n) is 6.67. The van der Waals surface area contributed by atoms with Crippen molar-refractivity contribution in [3.63, 3.8) is 0 Å². The summed E-state index contributed by atoms with van der Waals surface area (Å²) in [5.74, 6) is -0.556. The number of aryl methyl sites for hydroxylation is 3. The third-order valence-corrected chi connectivity index (χ3v) is 4.54.